The third-order valence-electron chi connectivity index (χ3n) is 6.67. The minimum Gasteiger partial charge on any atom is -0.496 e. The number of ether oxygens (including phenoxy) is 3. The SMILES string of the molecule is COc1c(C)c([C@](C)(O)C=C(C)[C@@H](O)C(C)=C[C@]2(C)O[C@@H](C)[C@]3(C)O[C@H]32)oc(=O)c1C. The first-order chi connectivity index (χ1) is 14.2. The van der Waals surface area contributed by atoms with Gasteiger partial charge in [-0.15, -0.1) is 0 Å². The van der Waals surface area contributed by atoms with E-state index in [1.54, 1.807) is 20.8 Å². The highest BCUT2D eigenvalue weighted by Crippen LogP contribution is 2.55. The van der Waals surface area contributed by atoms with Crippen molar-refractivity contribution in [3.8, 4) is 5.75 Å². The van der Waals surface area contributed by atoms with Crippen LogP contribution >= 0.6 is 0 Å². The Morgan fingerprint density at radius 3 is 2.29 bits per heavy atom. The lowest BCUT2D eigenvalue weighted by molar-refractivity contribution is -0.0724. The second-order valence-electron chi connectivity index (χ2n) is 9.45. The summed E-state index contributed by atoms with van der Waals surface area (Å²) in [7, 11) is 1.47. The third kappa shape index (κ3) is 3.89. The van der Waals surface area contributed by atoms with Crippen molar-refractivity contribution in [2.75, 3.05) is 7.11 Å². The van der Waals surface area contributed by atoms with Crippen molar-refractivity contribution in [3.05, 3.63) is 50.6 Å². The van der Waals surface area contributed by atoms with E-state index in [9.17, 15) is 15.0 Å². The molecule has 0 saturated carbocycles. The Bertz CT molecular complexity index is 1000. The van der Waals surface area contributed by atoms with Crippen LogP contribution < -0.4 is 10.4 Å². The van der Waals surface area contributed by atoms with E-state index in [4.69, 9.17) is 18.6 Å². The van der Waals surface area contributed by atoms with E-state index in [0.717, 1.165) is 0 Å². The zero-order valence-corrected chi connectivity index (χ0v) is 19.8. The van der Waals surface area contributed by atoms with Crippen molar-refractivity contribution in [3.63, 3.8) is 0 Å². The summed E-state index contributed by atoms with van der Waals surface area (Å²) in [6.07, 6.45) is 2.34. The second kappa shape index (κ2) is 7.59. The molecule has 0 radical (unpaired) electrons. The van der Waals surface area contributed by atoms with Crippen molar-refractivity contribution in [2.24, 2.45) is 0 Å². The predicted molar refractivity (Wildman–Crippen MR) is 116 cm³/mol. The van der Waals surface area contributed by atoms with E-state index in [1.807, 2.05) is 33.8 Å². The lowest BCUT2D eigenvalue weighted by Crippen LogP contribution is -2.31. The monoisotopic (exact) mass is 434 g/mol. The molecule has 6 atom stereocenters. The Labute approximate surface area is 183 Å². The molecule has 2 saturated heterocycles. The number of methoxy groups -OCH3 is 1. The first kappa shape index (κ1) is 23.7. The molecule has 0 aromatic carbocycles. The van der Waals surface area contributed by atoms with Gasteiger partial charge in [-0.05, 0) is 78.7 Å². The molecule has 0 aliphatic carbocycles. The maximum Gasteiger partial charge on any atom is 0.342 e. The average molecular weight is 435 g/mol. The van der Waals surface area contributed by atoms with Crippen molar-refractivity contribution in [2.45, 2.75) is 90.5 Å². The van der Waals surface area contributed by atoms with Gasteiger partial charge in [0.05, 0.1) is 24.9 Å². The summed E-state index contributed by atoms with van der Waals surface area (Å²) >= 11 is 0. The van der Waals surface area contributed by atoms with E-state index in [0.29, 0.717) is 28.0 Å². The molecule has 3 heterocycles. The maximum absolute atomic E-state index is 12.2. The quantitative estimate of drug-likeness (QED) is 0.524. The van der Waals surface area contributed by atoms with Crippen molar-refractivity contribution < 1.29 is 28.8 Å². The fourth-order valence-corrected chi connectivity index (χ4v) is 4.87. The van der Waals surface area contributed by atoms with Gasteiger partial charge in [-0.1, -0.05) is 0 Å². The van der Waals surface area contributed by atoms with Crippen LogP contribution in [0.5, 0.6) is 5.75 Å². The number of epoxide rings is 1. The van der Waals surface area contributed by atoms with Crippen LogP contribution in [0.15, 0.2) is 32.5 Å². The zero-order chi connectivity index (χ0) is 23.5. The number of rotatable bonds is 6. The zero-order valence-electron chi connectivity index (χ0n) is 19.8. The van der Waals surface area contributed by atoms with Crippen LogP contribution in [0, 0.1) is 13.8 Å². The van der Waals surface area contributed by atoms with Crippen molar-refractivity contribution in [1.29, 1.82) is 0 Å². The molecule has 2 fully saturated rings. The lowest BCUT2D eigenvalue weighted by Gasteiger charge is -2.27. The summed E-state index contributed by atoms with van der Waals surface area (Å²) < 4.78 is 22.7. The minimum absolute atomic E-state index is 0.0385. The summed E-state index contributed by atoms with van der Waals surface area (Å²) in [6, 6.07) is 0. The van der Waals surface area contributed by atoms with E-state index in [-0.39, 0.29) is 23.6 Å². The molecule has 0 bridgehead atoms. The largest absolute Gasteiger partial charge is 0.496 e. The maximum atomic E-state index is 12.2. The standard InChI is InChI=1S/C24H34O7/c1-12(10-22(6,27)19-14(3)18(28-9)15(4)20(26)29-19)17(25)13(2)11-23(7)21-24(8,31-21)16(5)30-23/h10-11,16-17,21,25,27H,1-9H3/t16-,17+,21-,22+,23-,24-/m0/s1. The van der Waals surface area contributed by atoms with Crippen molar-refractivity contribution >= 4 is 0 Å². The molecular weight excluding hydrogens is 400 g/mol. The van der Waals surface area contributed by atoms with Crippen LogP contribution in [0.4, 0.5) is 0 Å². The predicted octanol–water partition coefficient (Wildman–Crippen LogP) is 3.06. The third-order valence-corrected chi connectivity index (χ3v) is 6.67. The molecule has 0 unspecified atom stereocenters. The van der Waals surface area contributed by atoms with Gasteiger partial charge >= 0.3 is 5.63 Å². The summed E-state index contributed by atoms with van der Waals surface area (Å²) in [5.41, 5.74) is -1.06. The average Bonchev–Trinajstić information content (AvgIpc) is 3.33. The molecule has 3 rings (SSSR count). The highest BCUT2D eigenvalue weighted by atomic mass is 16.7. The topological polar surface area (TPSA) is 102 Å². The Hall–Kier alpha value is -1.93. The molecule has 31 heavy (non-hydrogen) atoms. The van der Waals surface area contributed by atoms with E-state index in [1.165, 1.54) is 20.1 Å². The molecule has 1 aromatic rings. The Kier molecular flexibility index (Phi) is 5.81. The molecule has 2 N–H and O–H groups in total. The molecular formula is C24H34O7. The molecule has 0 spiro atoms. The fraction of sp³-hybridized carbons (Fsp3) is 0.625. The second-order valence-corrected chi connectivity index (χ2v) is 9.45. The van der Waals surface area contributed by atoms with Gasteiger partial charge in [-0.3, -0.25) is 0 Å². The van der Waals surface area contributed by atoms with Crippen LogP contribution in [0.2, 0.25) is 0 Å². The van der Waals surface area contributed by atoms with Gasteiger partial charge in [0.25, 0.3) is 0 Å². The van der Waals surface area contributed by atoms with Gasteiger partial charge in [0.15, 0.2) is 0 Å². The van der Waals surface area contributed by atoms with E-state index < -0.39 is 22.9 Å². The number of hydrogen-bond acceptors (Lipinski definition) is 7. The highest BCUT2D eigenvalue weighted by molar-refractivity contribution is 5.43. The van der Waals surface area contributed by atoms with Crippen LogP contribution in [-0.2, 0) is 15.1 Å². The fourth-order valence-electron chi connectivity index (χ4n) is 4.87. The molecule has 0 amide bonds. The molecule has 2 aliphatic rings. The molecule has 7 nitrogen and oxygen atoms in total. The van der Waals surface area contributed by atoms with Gasteiger partial charge < -0.3 is 28.8 Å². The van der Waals surface area contributed by atoms with Gasteiger partial charge in [-0.2, -0.15) is 0 Å². The van der Waals surface area contributed by atoms with E-state index >= 15 is 0 Å². The highest BCUT2D eigenvalue weighted by Gasteiger charge is 2.71. The Morgan fingerprint density at radius 2 is 1.81 bits per heavy atom. The molecule has 2 aliphatic heterocycles. The van der Waals surface area contributed by atoms with Gasteiger partial charge in [-0.25, -0.2) is 4.79 Å². The van der Waals surface area contributed by atoms with Gasteiger partial charge in [0.1, 0.15) is 34.4 Å². The van der Waals surface area contributed by atoms with E-state index in [2.05, 4.69) is 0 Å². The van der Waals surface area contributed by atoms with Crippen LogP contribution in [0.1, 0.15) is 58.4 Å². The summed E-state index contributed by atoms with van der Waals surface area (Å²) in [4.78, 5) is 12.2. The number of aliphatic hydroxyl groups excluding tert-OH is 1. The first-order valence-electron chi connectivity index (χ1n) is 10.5. The van der Waals surface area contributed by atoms with Crippen LogP contribution in [0.3, 0.4) is 0 Å². The minimum atomic E-state index is -1.63. The number of aliphatic hydroxyl groups is 2. The molecule has 172 valence electrons. The smallest absolute Gasteiger partial charge is 0.342 e. The number of fused-ring (bicyclic) bond motifs is 1. The molecule has 7 heteroatoms. The summed E-state index contributed by atoms with van der Waals surface area (Å²) in [5.74, 6) is 0.456. The first-order valence-corrected chi connectivity index (χ1v) is 10.5. The summed E-state index contributed by atoms with van der Waals surface area (Å²) in [5, 5.41) is 22.0. The normalized spacial score (nSPS) is 33.6. The number of hydrogen-bond donors (Lipinski definition) is 2. The summed E-state index contributed by atoms with van der Waals surface area (Å²) in [6.45, 7) is 14.3. The Morgan fingerprint density at radius 1 is 1.19 bits per heavy atom. The van der Waals surface area contributed by atoms with Gasteiger partial charge in [0, 0.05) is 5.56 Å². The Balaban J connectivity index is 1.90. The molecule has 1 aromatic heterocycles. The van der Waals surface area contributed by atoms with Crippen molar-refractivity contribution in [1.82, 2.24) is 0 Å². The lowest BCUT2D eigenvalue weighted by atomic mass is 9.89. The van der Waals surface area contributed by atoms with Crippen LogP contribution in [0.25, 0.3) is 0 Å². The van der Waals surface area contributed by atoms with Crippen LogP contribution in [-0.4, -0.2) is 46.8 Å². The van der Waals surface area contributed by atoms with Gasteiger partial charge in [0.2, 0.25) is 0 Å².